The van der Waals surface area contributed by atoms with Gasteiger partial charge in [-0.05, 0) is 24.3 Å². The highest BCUT2D eigenvalue weighted by atomic mass is 19.1. The van der Waals surface area contributed by atoms with Crippen molar-refractivity contribution < 1.29 is 18.7 Å². The van der Waals surface area contributed by atoms with Crippen LogP contribution in [0, 0.1) is 5.82 Å². The van der Waals surface area contributed by atoms with E-state index in [2.05, 4.69) is 9.88 Å². The van der Waals surface area contributed by atoms with Gasteiger partial charge in [-0.25, -0.2) is 4.39 Å². The molecule has 2 aliphatic heterocycles. The highest BCUT2D eigenvalue weighted by molar-refractivity contribution is 5.77. The number of hydrogen-bond donors (Lipinski definition) is 0. The zero-order valence-corrected chi connectivity index (χ0v) is 16.1. The number of ether oxygens (including phenoxy) is 2. The Kier molecular flexibility index (Phi) is 5.69. The molecule has 1 saturated heterocycles. The Bertz CT molecular complexity index is 954. The van der Waals surface area contributed by atoms with Gasteiger partial charge in [0, 0.05) is 49.3 Å². The molecular weight excluding hydrogens is 373 g/mol. The number of hydrogen-bond acceptors (Lipinski definition) is 6. The fourth-order valence-corrected chi connectivity index (χ4v) is 3.51. The van der Waals surface area contributed by atoms with Crippen molar-refractivity contribution in [3.8, 4) is 11.1 Å². The number of carbonyl (C=O) groups excluding carboxylic acids is 1. The van der Waals surface area contributed by atoms with Gasteiger partial charge in [-0.3, -0.25) is 9.78 Å². The number of allylic oxidation sites excluding steroid dienone is 1. The van der Waals surface area contributed by atoms with Crippen molar-refractivity contribution in [2.75, 3.05) is 38.3 Å². The fourth-order valence-electron chi connectivity index (χ4n) is 3.51. The quantitative estimate of drug-likeness (QED) is 0.725. The van der Waals surface area contributed by atoms with Crippen LogP contribution in [0.25, 0.3) is 11.1 Å². The van der Waals surface area contributed by atoms with Crippen LogP contribution >= 0.6 is 0 Å². The standard InChI is InChI=1S/C22H22FN3O3/c1-28-22-5-3-18(25-6-8-29-9-7-25)14-26(22)19-11-17(12-24-13-19)20-4-2-16(15-27)10-21(20)23/h2-5,10-15,22H,6-9H2,1H3. The van der Waals surface area contributed by atoms with E-state index in [9.17, 15) is 9.18 Å². The zero-order valence-electron chi connectivity index (χ0n) is 16.1. The van der Waals surface area contributed by atoms with Crippen molar-refractivity contribution in [2.24, 2.45) is 0 Å². The lowest BCUT2D eigenvalue weighted by Crippen LogP contribution is -2.39. The van der Waals surface area contributed by atoms with Crippen molar-refractivity contribution >= 4 is 12.0 Å². The van der Waals surface area contributed by atoms with Crippen molar-refractivity contribution in [2.45, 2.75) is 6.23 Å². The van der Waals surface area contributed by atoms with E-state index < -0.39 is 5.82 Å². The van der Waals surface area contributed by atoms with Crippen LogP contribution in [-0.2, 0) is 9.47 Å². The maximum absolute atomic E-state index is 14.5. The zero-order chi connectivity index (χ0) is 20.2. The summed E-state index contributed by atoms with van der Waals surface area (Å²) in [6.45, 7) is 3.06. The summed E-state index contributed by atoms with van der Waals surface area (Å²) in [5, 5.41) is 0. The van der Waals surface area contributed by atoms with Crippen LogP contribution in [0.15, 0.2) is 60.7 Å². The first-order chi connectivity index (χ1) is 14.2. The maximum Gasteiger partial charge on any atom is 0.153 e. The van der Waals surface area contributed by atoms with Crippen molar-refractivity contribution in [1.82, 2.24) is 9.88 Å². The van der Waals surface area contributed by atoms with Gasteiger partial charge in [0.1, 0.15) is 12.1 Å². The number of rotatable bonds is 5. The Labute approximate surface area is 168 Å². The van der Waals surface area contributed by atoms with Crippen molar-refractivity contribution in [3.05, 3.63) is 72.1 Å². The van der Waals surface area contributed by atoms with Crippen molar-refractivity contribution in [1.29, 1.82) is 0 Å². The van der Waals surface area contributed by atoms with Gasteiger partial charge in [-0.1, -0.05) is 12.1 Å². The second-order valence-electron chi connectivity index (χ2n) is 6.83. The molecule has 0 saturated carbocycles. The first kappa shape index (κ1) is 19.3. The van der Waals surface area contributed by atoms with Gasteiger partial charge in [-0.2, -0.15) is 0 Å². The number of anilines is 1. The van der Waals surface area contributed by atoms with Gasteiger partial charge in [0.15, 0.2) is 6.23 Å². The Morgan fingerprint density at radius 3 is 2.79 bits per heavy atom. The molecule has 0 spiro atoms. The van der Waals surface area contributed by atoms with E-state index in [0.717, 1.165) is 24.5 Å². The second kappa shape index (κ2) is 8.55. The molecule has 1 aromatic carbocycles. The SMILES string of the molecule is COC1C=CC(N2CCOCC2)=CN1c1cncc(-c2ccc(C=O)cc2F)c1. The lowest BCUT2D eigenvalue weighted by Gasteiger charge is -2.36. The molecule has 0 aliphatic carbocycles. The number of halogens is 1. The number of morpholine rings is 1. The summed E-state index contributed by atoms with van der Waals surface area (Å²) in [7, 11) is 1.64. The molecule has 2 aliphatic rings. The molecule has 2 aromatic rings. The fraction of sp³-hybridized carbons (Fsp3) is 0.273. The summed E-state index contributed by atoms with van der Waals surface area (Å²) in [5.41, 5.74) is 3.16. The Balaban J connectivity index is 1.67. The third-order valence-corrected chi connectivity index (χ3v) is 5.06. The van der Waals surface area contributed by atoms with E-state index in [1.807, 2.05) is 29.3 Å². The summed E-state index contributed by atoms with van der Waals surface area (Å²) in [6.07, 6.45) is 9.71. The molecule has 0 bridgehead atoms. The van der Waals surface area contributed by atoms with Crippen LogP contribution in [0.1, 0.15) is 10.4 Å². The largest absolute Gasteiger partial charge is 0.378 e. The Morgan fingerprint density at radius 2 is 2.07 bits per heavy atom. The van der Waals surface area contributed by atoms with Crippen LogP contribution in [0.4, 0.5) is 10.1 Å². The maximum atomic E-state index is 14.5. The third kappa shape index (κ3) is 4.06. The molecule has 6 nitrogen and oxygen atoms in total. The topological polar surface area (TPSA) is 54.9 Å². The highest BCUT2D eigenvalue weighted by Crippen LogP contribution is 2.30. The van der Waals surface area contributed by atoms with Crippen LogP contribution < -0.4 is 4.90 Å². The van der Waals surface area contributed by atoms with E-state index in [1.54, 1.807) is 31.6 Å². The minimum Gasteiger partial charge on any atom is -0.378 e. The van der Waals surface area contributed by atoms with E-state index in [-0.39, 0.29) is 6.23 Å². The number of pyridine rings is 1. The predicted octanol–water partition coefficient (Wildman–Crippen LogP) is 3.22. The van der Waals surface area contributed by atoms with Crippen LogP contribution in [0.3, 0.4) is 0 Å². The van der Waals surface area contributed by atoms with Crippen LogP contribution in [0.5, 0.6) is 0 Å². The van der Waals surface area contributed by atoms with Crippen LogP contribution in [-0.4, -0.2) is 55.8 Å². The number of aromatic nitrogens is 1. The summed E-state index contributed by atoms with van der Waals surface area (Å²) >= 11 is 0. The van der Waals surface area contributed by atoms with E-state index in [0.29, 0.717) is 36.2 Å². The first-order valence-corrected chi connectivity index (χ1v) is 9.43. The summed E-state index contributed by atoms with van der Waals surface area (Å²) in [5.74, 6) is -0.458. The van der Waals surface area contributed by atoms with Crippen LogP contribution in [0.2, 0.25) is 0 Å². The molecule has 1 unspecified atom stereocenters. The Morgan fingerprint density at radius 1 is 1.24 bits per heavy atom. The third-order valence-electron chi connectivity index (χ3n) is 5.06. The molecule has 0 radical (unpaired) electrons. The molecule has 0 N–H and O–H groups in total. The number of benzene rings is 1. The normalized spacial score (nSPS) is 19.2. The molecule has 3 heterocycles. The monoisotopic (exact) mass is 395 g/mol. The van der Waals surface area contributed by atoms with Gasteiger partial charge >= 0.3 is 0 Å². The number of methoxy groups -OCH3 is 1. The Hall–Kier alpha value is -3.03. The predicted molar refractivity (Wildman–Crippen MR) is 108 cm³/mol. The average molecular weight is 395 g/mol. The molecule has 29 heavy (non-hydrogen) atoms. The van der Waals surface area contributed by atoms with E-state index >= 15 is 0 Å². The minimum absolute atomic E-state index is 0.292. The van der Waals surface area contributed by atoms with Gasteiger partial charge in [-0.15, -0.1) is 0 Å². The smallest absolute Gasteiger partial charge is 0.153 e. The van der Waals surface area contributed by atoms with Crippen molar-refractivity contribution in [3.63, 3.8) is 0 Å². The lowest BCUT2D eigenvalue weighted by molar-refractivity contribution is 0.0544. The van der Waals surface area contributed by atoms with Gasteiger partial charge in [0.25, 0.3) is 0 Å². The summed E-state index contributed by atoms with van der Waals surface area (Å²) < 4.78 is 25.5. The molecule has 1 atom stereocenters. The number of nitrogens with zero attached hydrogens (tertiary/aromatic N) is 3. The van der Waals surface area contributed by atoms with Gasteiger partial charge in [0.2, 0.25) is 0 Å². The first-order valence-electron chi connectivity index (χ1n) is 9.43. The van der Waals surface area contributed by atoms with E-state index in [4.69, 9.17) is 9.47 Å². The molecule has 4 rings (SSSR count). The highest BCUT2D eigenvalue weighted by Gasteiger charge is 2.22. The molecule has 1 aromatic heterocycles. The molecule has 0 amide bonds. The average Bonchev–Trinajstić information content (AvgIpc) is 2.79. The minimum atomic E-state index is -0.458. The number of aldehydes is 1. The number of carbonyl (C=O) groups is 1. The lowest BCUT2D eigenvalue weighted by atomic mass is 10.0. The van der Waals surface area contributed by atoms with Gasteiger partial charge < -0.3 is 19.3 Å². The molecular formula is C22H22FN3O3. The molecule has 150 valence electrons. The molecule has 1 fully saturated rings. The van der Waals surface area contributed by atoms with E-state index in [1.165, 1.54) is 6.07 Å². The summed E-state index contributed by atoms with van der Waals surface area (Å²) in [6, 6.07) is 6.28. The second-order valence-corrected chi connectivity index (χ2v) is 6.83. The molecule has 7 heteroatoms. The summed E-state index contributed by atoms with van der Waals surface area (Å²) in [4.78, 5) is 19.4. The van der Waals surface area contributed by atoms with Gasteiger partial charge in [0.05, 0.1) is 30.8 Å².